The highest BCUT2D eigenvalue weighted by Crippen LogP contribution is 2.46. The van der Waals surface area contributed by atoms with Gasteiger partial charge in [0.2, 0.25) is 0 Å². The predicted molar refractivity (Wildman–Crippen MR) is 240 cm³/mol. The van der Waals surface area contributed by atoms with E-state index in [-0.39, 0.29) is 0 Å². The monoisotopic (exact) mass is 747 g/mol. The third kappa shape index (κ3) is 5.35. The van der Waals surface area contributed by atoms with E-state index in [9.17, 15) is 0 Å². The molecule has 0 aliphatic carbocycles. The largest absolute Gasteiger partial charge is 0.454 e. The van der Waals surface area contributed by atoms with E-state index in [1.54, 1.807) is 0 Å². The van der Waals surface area contributed by atoms with Crippen LogP contribution in [-0.4, -0.2) is 4.98 Å². The van der Waals surface area contributed by atoms with E-state index in [0.717, 1.165) is 93.0 Å². The lowest BCUT2D eigenvalue weighted by molar-refractivity contribution is 0.592. The van der Waals surface area contributed by atoms with Gasteiger partial charge in [-0.15, -0.1) is 0 Å². The SMILES string of the molecule is O=P(c1ccccc1)(c1ccccc1)c1cccc(-c2cccc(-c3cccc4c3nc(-c3cc5ccccc5c5ccccc35)c3oc5ccccc5c34)c2)c1. The molecule has 57 heavy (non-hydrogen) atoms. The molecule has 0 unspecified atom stereocenters. The fourth-order valence-corrected chi connectivity index (χ4v) is 11.3. The van der Waals surface area contributed by atoms with Gasteiger partial charge in [0.25, 0.3) is 0 Å². The van der Waals surface area contributed by atoms with Crippen molar-refractivity contribution >= 4 is 77.4 Å². The van der Waals surface area contributed by atoms with Crippen LogP contribution in [0.5, 0.6) is 0 Å². The van der Waals surface area contributed by atoms with Gasteiger partial charge in [-0.25, -0.2) is 4.98 Å². The van der Waals surface area contributed by atoms with Crippen LogP contribution in [0.2, 0.25) is 0 Å². The fraction of sp³-hybridized carbons (Fsp3) is 0. The Hall–Kier alpha value is -7.06. The summed E-state index contributed by atoms with van der Waals surface area (Å²) in [7, 11) is -3.15. The van der Waals surface area contributed by atoms with Gasteiger partial charge in [0, 0.05) is 43.2 Å². The van der Waals surface area contributed by atoms with Crippen LogP contribution in [0.15, 0.2) is 211 Å². The highest BCUT2D eigenvalue weighted by atomic mass is 31.2. The van der Waals surface area contributed by atoms with Gasteiger partial charge in [0.1, 0.15) is 11.3 Å². The molecule has 268 valence electrons. The van der Waals surface area contributed by atoms with Crippen LogP contribution >= 0.6 is 7.14 Å². The van der Waals surface area contributed by atoms with Crippen LogP contribution in [-0.2, 0) is 4.57 Å². The van der Waals surface area contributed by atoms with Gasteiger partial charge in [-0.3, -0.25) is 0 Å². The van der Waals surface area contributed by atoms with Crippen molar-refractivity contribution in [3.63, 3.8) is 0 Å². The molecule has 0 radical (unpaired) electrons. The summed E-state index contributed by atoms with van der Waals surface area (Å²) in [6, 6.07) is 70.7. The van der Waals surface area contributed by atoms with Gasteiger partial charge >= 0.3 is 0 Å². The van der Waals surface area contributed by atoms with E-state index in [2.05, 4.69) is 121 Å². The lowest BCUT2D eigenvalue weighted by Gasteiger charge is -2.20. The summed E-state index contributed by atoms with van der Waals surface area (Å²) in [5.74, 6) is 0. The molecule has 0 aliphatic rings. The molecular formula is C53H34NO2P. The first kappa shape index (κ1) is 33.3. The second-order valence-corrected chi connectivity index (χ2v) is 17.3. The number of benzene rings is 9. The predicted octanol–water partition coefficient (Wildman–Crippen LogP) is 13.1. The minimum Gasteiger partial charge on any atom is -0.454 e. The van der Waals surface area contributed by atoms with Crippen molar-refractivity contribution in [2.75, 3.05) is 0 Å². The van der Waals surface area contributed by atoms with Crippen molar-refractivity contribution < 1.29 is 8.98 Å². The molecule has 0 atom stereocenters. The number of fused-ring (bicyclic) bond motifs is 8. The number of para-hydroxylation sites is 2. The summed E-state index contributed by atoms with van der Waals surface area (Å²) in [5, 5.41) is 10.3. The van der Waals surface area contributed by atoms with Crippen LogP contribution in [0.1, 0.15) is 0 Å². The first-order valence-electron chi connectivity index (χ1n) is 19.2. The molecule has 3 nitrogen and oxygen atoms in total. The molecule has 0 saturated carbocycles. The molecule has 0 saturated heterocycles. The fourth-order valence-electron chi connectivity index (χ4n) is 8.64. The quantitative estimate of drug-likeness (QED) is 0.126. The number of aromatic nitrogens is 1. The Morgan fingerprint density at radius 1 is 0.404 bits per heavy atom. The third-order valence-corrected chi connectivity index (χ3v) is 14.4. The van der Waals surface area contributed by atoms with E-state index in [1.807, 2.05) is 84.9 Å². The van der Waals surface area contributed by atoms with Crippen molar-refractivity contribution in [1.29, 1.82) is 0 Å². The Kier molecular flexibility index (Phi) is 7.77. The molecule has 0 bridgehead atoms. The number of pyridine rings is 1. The summed E-state index contributed by atoms with van der Waals surface area (Å²) < 4.78 is 22.0. The summed E-state index contributed by atoms with van der Waals surface area (Å²) in [4.78, 5) is 5.59. The topological polar surface area (TPSA) is 43.1 Å². The van der Waals surface area contributed by atoms with Crippen molar-refractivity contribution in [1.82, 2.24) is 4.98 Å². The first-order valence-corrected chi connectivity index (χ1v) is 20.9. The number of hydrogen-bond acceptors (Lipinski definition) is 3. The van der Waals surface area contributed by atoms with Crippen LogP contribution < -0.4 is 15.9 Å². The Labute approximate surface area is 329 Å². The zero-order valence-electron chi connectivity index (χ0n) is 30.8. The van der Waals surface area contributed by atoms with Gasteiger partial charge < -0.3 is 8.98 Å². The van der Waals surface area contributed by atoms with Crippen molar-refractivity contribution in [3.05, 3.63) is 206 Å². The molecule has 0 spiro atoms. The number of hydrogen-bond donors (Lipinski definition) is 0. The molecule has 0 aliphatic heterocycles. The maximum absolute atomic E-state index is 15.3. The van der Waals surface area contributed by atoms with Crippen molar-refractivity contribution in [2.24, 2.45) is 0 Å². The maximum Gasteiger partial charge on any atom is 0.171 e. The molecule has 11 aromatic rings. The highest BCUT2D eigenvalue weighted by Gasteiger charge is 2.30. The Bertz CT molecular complexity index is 3340. The summed E-state index contributed by atoms with van der Waals surface area (Å²) >= 11 is 0. The normalized spacial score (nSPS) is 11.9. The average Bonchev–Trinajstić information content (AvgIpc) is 3.69. The zero-order valence-corrected chi connectivity index (χ0v) is 31.7. The van der Waals surface area contributed by atoms with E-state index in [4.69, 9.17) is 9.40 Å². The number of furan rings is 1. The van der Waals surface area contributed by atoms with Crippen LogP contribution in [0, 0.1) is 0 Å². The Morgan fingerprint density at radius 3 is 1.74 bits per heavy atom. The summed E-state index contributed by atoms with van der Waals surface area (Å²) in [6.07, 6.45) is 0. The van der Waals surface area contributed by atoms with E-state index in [1.165, 1.54) is 10.8 Å². The van der Waals surface area contributed by atoms with E-state index in [0.29, 0.717) is 0 Å². The second kappa shape index (κ2) is 13.3. The van der Waals surface area contributed by atoms with Crippen molar-refractivity contribution in [3.8, 4) is 33.5 Å². The Balaban J connectivity index is 1.13. The molecule has 0 N–H and O–H groups in total. The van der Waals surface area contributed by atoms with Crippen LogP contribution in [0.3, 0.4) is 0 Å². The Morgan fingerprint density at radius 2 is 0.965 bits per heavy atom. The molecule has 0 fully saturated rings. The molecule has 0 amide bonds. The molecule has 4 heteroatoms. The van der Waals surface area contributed by atoms with Gasteiger partial charge in [-0.2, -0.15) is 0 Å². The molecule has 2 aromatic heterocycles. The molecule has 9 aromatic carbocycles. The zero-order chi connectivity index (χ0) is 37.9. The van der Waals surface area contributed by atoms with Crippen LogP contribution in [0.4, 0.5) is 0 Å². The minimum atomic E-state index is -3.15. The summed E-state index contributed by atoms with van der Waals surface area (Å²) in [6.45, 7) is 0. The standard InChI is InChI=1S/C53H34NO2P/c55-57(39-20-3-1-4-21-39,40-22-5-2-6-23-40)41-24-14-18-36(33-41)35-17-13-19-37(32-35)43-29-15-30-47-50-46-28-11-12-31-49(46)56-53(50)52(54-51(43)47)48-34-38-16-7-8-25-42(38)44-26-9-10-27-45(44)48/h1-34H. The molecule has 11 rings (SSSR count). The molecular weight excluding hydrogens is 714 g/mol. The first-order chi connectivity index (χ1) is 28.1. The van der Waals surface area contributed by atoms with E-state index >= 15 is 4.57 Å². The lowest BCUT2D eigenvalue weighted by atomic mass is 9.93. The van der Waals surface area contributed by atoms with Gasteiger partial charge in [0.05, 0.1) is 5.52 Å². The average molecular weight is 748 g/mol. The molecule has 2 heterocycles. The second-order valence-electron chi connectivity index (χ2n) is 14.6. The van der Waals surface area contributed by atoms with Crippen molar-refractivity contribution in [2.45, 2.75) is 0 Å². The lowest BCUT2D eigenvalue weighted by Crippen LogP contribution is -2.25. The van der Waals surface area contributed by atoms with Gasteiger partial charge in [-0.05, 0) is 62.5 Å². The smallest absolute Gasteiger partial charge is 0.171 e. The highest BCUT2D eigenvalue weighted by molar-refractivity contribution is 7.85. The number of rotatable bonds is 6. The van der Waals surface area contributed by atoms with Gasteiger partial charge in [-0.1, -0.05) is 182 Å². The third-order valence-electron chi connectivity index (χ3n) is 11.3. The van der Waals surface area contributed by atoms with E-state index < -0.39 is 7.14 Å². The minimum absolute atomic E-state index is 0.785. The summed E-state index contributed by atoms with van der Waals surface area (Å²) in [5.41, 5.74) is 8.51. The van der Waals surface area contributed by atoms with Gasteiger partial charge in [0.15, 0.2) is 12.7 Å². The number of nitrogens with zero attached hydrogens (tertiary/aromatic N) is 1. The van der Waals surface area contributed by atoms with Crippen LogP contribution in [0.25, 0.3) is 87.9 Å². The maximum atomic E-state index is 15.3.